The van der Waals surface area contributed by atoms with Crippen LogP contribution in [0.1, 0.15) is 16.1 Å². The monoisotopic (exact) mass is 406 g/mol. The molecule has 0 saturated carbocycles. The normalized spacial score (nSPS) is 11.1. The van der Waals surface area contributed by atoms with Gasteiger partial charge in [-0.2, -0.15) is 4.99 Å². The van der Waals surface area contributed by atoms with Gasteiger partial charge in [0.05, 0.1) is 0 Å². The lowest BCUT2D eigenvalue weighted by Gasteiger charge is -2.05. The first kappa shape index (κ1) is 18.0. The zero-order chi connectivity index (χ0) is 16.2. The molecule has 3 rings (SSSR count). The third-order valence-corrected chi connectivity index (χ3v) is 3.90. The summed E-state index contributed by atoms with van der Waals surface area (Å²) in [4.78, 5) is 19.1. The van der Waals surface area contributed by atoms with Gasteiger partial charge in [0, 0.05) is 21.9 Å². The van der Waals surface area contributed by atoms with E-state index in [2.05, 4.69) is 31.2 Å². The molecule has 2 aromatic carbocycles. The molecular weight excluding hydrogens is 392 g/mol. The van der Waals surface area contributed by atoms with Crippen LogP contribution in [0.2, 0.25) is 0 Å². The number of halogens is 2. The third kappa shape index (κ3) is 4.37. The fourth-order valence-corrected chi connectivity index (χ4v) is 2.46. The van der Waals surface area contributed by atoms with Crippen LogP contribution in [0, 0.1) is 0 Å². The molecule has 0 spiro atoms. The Morgan fingerprint density at radius 2 is 1.88 bits per heavy atom. The molecule has 0 bridgehead atoms. The van der Waals surface area contributed by atoms with Crippen molar-refractivity contribution in [1.82, 2.24) is 10.3 Å². The van der Waals surface area contributed by atoms with Crippen molar-refractivity contribution in [1.29, 1.82) is 0 Å². The lowest BCUT2D eigenvalue weighted by molar-refractivity contribution is 0.0998. The van der Waals surface area contributed by atoms with Gasteiger partial charge in [-0.3, -0.25) is 4.79 Å². The minimum atomic E-state index is -0.401. The van der Waals surface area contributed by atoms with E-state index >= 15 is 0 Å². The topological polar surface area (TPSA) is 83.3 Å². The molecule has 0 aliphatic rings. The molecule has 0 fully saturated rings. The number of aromatic amines is 1. The zero-order valence-corrected chi connectivity index (χ0v) is 15.0. The van der Waals surface area contributed by atoms with Crippen LogP contribution >= 0.6 is 28.3 Å². The number of nitrogens with two attached hydrogens (primary N) is 1. The van der Waals surface area contributed by atoms with Crippen LogP contribution in [0.3, 0.4) is 0 Å². The summed E-state index contributed by atoms with van der Waals surface area (Å²) in [7, 11) is 0. The average molecular weight is 408 g/mol. The molecule has 0 atom stereocenters. The first-order valence-electron chi connectivity index (χ1n) is 7.06. The van der Waals surface area contributed by atoms with E-state index in [4.69, 9.17) is 5.73 Å². The number of guanidine groups is 1. The van der Waals surface area contributed by atoms with Gasteiger partial charge in [-0.25, -0.2) is 0 Å². The molecule has 0 radical (unpaired) electrons. The summed E-state index contributed by atoms with van der Waals surface area (Å²) >= 11 is 3.38. The van der Waals surface area contributed by atoms with E-state index in [9.17, 15) is 4.79 Å². The Kier molecular flexibility index (Phi) is 6.00. The summed E-state index contributed by atoms with van der Waals surface area (Å²) < 4.78 is 1.01. The Morgan fingerprint density at radius 1 is 1.17 bits per heavy atom. The number of hydrogen-bond donors (Lipinski definition) is 3. The van der Waals surface area contributed by atoms with Gasteiger partial charge in [0.15, 0.2) is 5.96 Å². The minimum Gasteiger partial charge on any atom is -0.370 e. The molecule has 0 aliphatic carbocycles. The summed E-state index contributed by atoms with van der Waals surface area (Å²) in [5.41, 5.74) is 8.14. The number of H-pyrrole nitrogens is 1. The number of aliphatic imine (C=N–C) groups is 1. The SMILES string of the molecule is Cl.NC(=NC(=O)c1cc2ccccc2[nH]1)NCc1ccc(Br)cc1. The number of carbonyl (C=O) groups is 1. The van der Waals surface area contributed by atoms with E-state index in [0.717, 1.165) is 20.9 Å². The van der Waals surface area contributed by atoms with Gasteiger partial charge in [-0.1, -0.05) is 46.3 Å². The van der Waals surface area contributed by atoms with Gasteiger partial charge in [0.1, 0.15) is 5.69 Å². The van der Waals surface area contributed by atoms with Crippen molar-refractivity contribution in [3.05, 3.63) is 70.3 Å². The van der Waals surface area contributed by atoms with Crippen molar-refractivity contribution in [2.45, 2.75) is 6.54 Å². The number of carbonyl (C=O) groups excluding carboxylic acids is 1. The Morgan fingerprint density at radius 3 is 2.58 bits per heavy atom. The Hall–Kier alpha value is -2.31. The van der Waals surface area contributed by atoms with Crippen molar-refractivity contribution >= 4 is 51.1 Å². The summed E-state index contributed by atoms with van der Waals surface area (Å²) in [6.07, 6.45) is 0. The molecule has 7 heteroatoms. The lowest BCUT2D eigenvalue weighted by atomic mass is 10.2. The maximum absolute atomic E-state index is 12.1. The van der Waals surface area contributed by atoms with Gasteiger partial charge < -0.3 is 16.0 Å². The second-order valence-corrected chi connectivity index (χ2v) is 5.97. The van der Waals surface area contributed by atoms with Crippen LogP contribution in [0.25, 0.3) is 10.9 Å². The number of nitrogens with zero attached hydrogens (tertiary/aromatic N) is 1. The Labute approximate surface area is 153 Å². The van der Waals surface area contributed by atoms with Gasteiger partial charge >= 0.3 is 0 Å². The molecule has 24 heavy (non-hydrogen) atoms. The molecule has 3 aromatic rings. The second-order valence-electron chi connectivity index (χ2n) is 5.05. The van der Waals surface area contributed by atoms with Crippen LogP contribution in [-0.2, 0) is 6.54 Å². The number of rotatable bonds is 3. The minimum absolute atomic E-state index is 0. The number of aromatic nitrogens is 1. The fourth-order valence-electron chi connectivity index (χ4n) is 2.19. The van der Waals surface area contributed by atoms with Crippen molar-refractivity contribution in [2.24, 2.45) is 10.7 Å². The highest BCUT2D eigenvalue weighted by Crippen LogP contribution is 2.15. The molecular formula is C17H16BrClN4O. The largest absolute Gasteiger partial charge is 0.370 e. The predicted octanol–water partition coefficient (Wildman–Crippen LogP) is 3.60. The van der Waals surface area contributed by atoms with Crippen molar-refractivity contribution in [3.8, 4) is 0 Å². The van der Waals surface area contributed by atoms with Crippen molar-refractivity contribution in [2.75, 3.05) is 0 Å². The highest BCUT2D eigenvalue weighted by atomic mass is 79.9. The lowest BCUT2D eigenvalue weighted by Crippen LogP contribution is -2.32. The molecule has 124 valence electrons. The summed E-state index contributed by atoms with van der Waals surface area (Å²) in [5, 5.41) is 3.90. The number of fused-ring (bicyclic) bond motifs is 1. The Balaban J connectivity index is 0.00000208. The smallest absolute Gasteiger partial charge is 0.296 e. The van der Waals surface area contributed by atoms with E-state index in [1.165, 1.54) is 0 Å². The summed E-state index contributed by atoms with van der Waals surface area (Å²) in [5.74, 6) is -0.307. The van der Waals surface area contributed by atoms with Gasteiger partial charge in [0.2, 0.25) is 0 Å². The van der Waals surface area contributed by atoms with Crippen LogP contribution in [0.4, 0.5) is 0 Å². The predicted molar refractivity (Wildman–Crippen MR) is 102 cm³/mol. The highest BCUT2D eigenvalue weighted by Gasteiger charge is 2.09. The molecule has 4 N–H and O–H groups in total. The second kappa shape index (κ2) is 7.99. The molecule has 0 aliphatic heterocycles. The maximum Gasteiger partial charge on any atom is 0.296 e. The van der Waals surface area contributed by atoms with Crippen LogP contribution in [0.5, 0.6) is 0 Å². The average Bonchev–Trinajstić information content (AvgIpc) is 2.98. The first-order chi connectivity index (χ1) is 11.1. The fraction of sp³-hybridized carbons (Fsp3) is 0.0588. The summed E-state index contributed by atoms with van der Waals surface area (Å²) in [6, 6.07) is 17.2. The van der Waals surface area contributed by atoms with Gasteiger partial charge in [0.25, 0.3) is 5.91 Å². The zero-order valence-electron chi connectivity index (χ0n) is 12.6. The molecule has 1 aromatic heterocycles. The quantitative estimate of drug-likeness (QED) is 0.458. The molecule has 1 amide bonds. The van der Waals surface area contributed by atoms with E-state index in [-0.39, 0.29) is 18.4 Å². The van der Waals surface area contributed by atoms with Crippen LogP contribution in [-0.4, -0.2) is 16.9 Å². The number of hydrogen-bond acceptors (Lipinski definition) is 1. The van der Waals surface area contributed by atoms with Crippen LogP contribution < -0.4 is 11.1 Å². The summed E-state index contributed by atoms with van der Waals surface area (Å²) in [6.45, 7) is 0.503. The number of nitrogens with one attached hydrogen (secondary N) is 2. The Bertz CT molecular complexity index is 841. The molecule has 0 saturated heterocycles. The third-order valence-electron chi connectivity index (χ3n) is 3.37. The first-order valence-corrected chi connectivity index (χ1v) is 7.86. The highest BCUT2D eigenvalue weighted by molar-refractivity contribution is 9.10. The maximum atomic E-state index is 12.1. The number of benzene rings is 2. The van der Waals surface area contributed by atoms with Crippen molar-refractivity contribution in [3.63, 3.8) is 0 Å². The standard InChI is InChI=1S/C17H15BrN4O.ClH/c18-13-7-5-11(6-8-13)10-20-17(19)22-16(23)15-9-12-3-1-2-4-14(12)21-15;/h1-9,21H,10H2,(H3,19,20,22,23);1H. The van der Waals surface area contributed by atoms with Gasteiger partial charge in [-0.05, 0) is 29.8 Å². The van der Waals surface area contributed by atoms with E-state index in [1.807, 2.05) is 48.5 Å². The van der Waals surface area contributed by atoms with E-state index < -0.39 is 5.91 Å². The molecule has 0 unspecified atom stereocenters. The number of amides is 1. The van der Waals surface area contributed by atoms with E-state index in [0.29, 0.717) is 12.2 Å². The number of para-hydroxylation sites is 1. The van der Waals surface area contributed by atoms with E-state index in [1.54, 1.807) is 6.07 Å². The molecule has 5 nitrogen and oxygen atoms in total. The molecule has 1 heterocycles. The van der Waals surface area contributed by atoms with Gasteiger partial charge in [-0.15, -0.1) is 12.4 Å². The van der Waals surface area contributed by atoms with Crippen LogP contribution in [0.15, 0.2) is 64.1 Å². The van der Waals surface area contributed by atoms with Crippen molar-refractivity contribution < 1.29 is 4.79 Å².